The van der Waals surface area contributed by atoms with Gasteiger partial charge in [0.25, 0.3) is 0 Å². The molecule has 0 spiro atoms. The Balaban J connectivity index is 2.77. The molecule has 11 nitrogen and oxygen atoms in total. The lowest BCUT2D eigenvalue weighted by atomic mass is 9.95. The van der Waals surface area contributed by atoms with E-state index in [1.807, 2.05) is 0 Å². The van der Waals surface area contributed by atoms with Crippen molar-refractivity contribution in [2.24, 2.45) is 5.73 Å². The monoisotopic (exact) mass is 391 g/mol. The van der Waals surface area contributed by atoms with Gasteiger partial charge in [-0.25, -0.2) is 0 Å². The topological polar surface area (TPSA) is 180 Å². The van der Waals surface area contributed by atoms with Gasteiger partial charge < -0.3 is 41.2 Å². The van der Waals surface area contributed by atoms with Gasteiger partial charge in [0, 0.05) is 6.92 Å². The fraction of sp³-hybridized carbons (Fsp3) is 0.812. The third kappa shape index (κ3) is 7.03. The van der Waals surface area contributed by atoms with E-state index in [0.717, 1.165) is 0 Å². The smallest absolute Gasteiger partial charge is 0.323 e. The van der Waals surface area contributed by atoms with Crippen molar-refractivity contribution in [1.82, 2.24) is 10.6 Å². The van der Waals surface area contributed by atoms with Crippen LogP contribution in [0.2, 0.25) is 0 Å². The molecule has 0 aliphatic carbocycles. The zero-order valence-electron chi connectivity index (χ0n) is 15.8. The van der Waals surface area contributed by atoms with Crippen LogP contribution in [0.1, 0.15) is 34.1 Å². The minimum absolute atomic E-state index is 0.427. The van der Waals surface area contributed by atoms with E-state index < -0.39 is 73.0 Å². The van der Waals surface area contributed by atoms with E-state index in [9.17, 15) is 29.7 Å². The minimum Gasteiger partial charge on any atom is -0.459 e. The van der Waals surface area contributed by atoms with Crippen molar-refractivity contribution in [2.75, 3.05) is 6.61 Å². The van der Waals surface area contributed by atoms with Crippen molar-refractivity contribution >= 4 is 17.8 Å². The highest BCUT2D eigenvalue weighted by molar-refractivity contribution is 5.85. The molecule has 2 amide bonds. The lowest BCUT2D eigenvalue weighted by Gasteiger charge is -2.42. The maximum atomic E-state index is 12.2. The van der Waals surface area contributed by atoms with Crippen molar-refractivity contribution < 1.29 is 39.2 Å². The number of hydrogen-bond donors (Lipinski definition) is 6. The molecule has 11 heteroatoms. The van der Waals surface area contributed by atoms with Crippen LogP contribution in [0, 0.1) is 0 Å². The molecule has 1 fully saturated rings. The van der Waals surface area contributed by atoms with Crippen LogP contribution in [0.15, 0.2) is 0 Å². The summed E-state index contributed by atoms with van der Waals surface area (Å²) in [5.74, 6) is -1.99. The summed E-state index contributed by atoms with van der Waals surface area (Å²) in [6.45, 7) is 5.55. The second-order valence-corrected chi connectivity index (χ2v) is 7.40. The molecule has 0 radical (unpaired) electrons. The minimum atomic E-state index is -1.50. The summed E-state index contributed by atoms with van der Waals surface area (Å²) in [5, 5.41) is 34.1. The summed E-state index contributed by atoms with van der Waals surface area (Å²) in [4.78, 5) is 35.4. The molecule has 0 aromatic rings. The van der Waals surface area contributed by atoms with Crippen molar-refractivity contribution in [1.29, 1.82) is 0 Å². The van der Waals surface area contributed by atoms with Crippen LogP contribution in [-0.2, 0) is 23.9 Å². The summed E-state index contributed by atoms with van der Waals surface area (Å²) in [5.41, 5.74) is 4.91. The molecule has 1 rings (SSSR count). The molecule has 6 atom stereocenters. The van der Waals surface area contributed by atoms with E-state index >= 15 is 0 Å². The SMILES string of the molecule is CC(=O)N[C@@H]1[C@@H](O)[C@H](O)[C@@H](CO)O[C@H]1NC(=O)C[C@H](N)C(=O)OC(C)(C)C. The Kier molecular flexibility index (Phi) is 8.11. The number of ether oxygens (including phenoxy) is 2. The Morgan fingerprint density at radius 1 is 1.19 bits per heavy atom. The van der Waals surface area contributed by atoms with E-state index in [4.69, 9.17) is 15.2 Å². The van der Waals surface area contributed by atoms with Crippen LogP contribution in [-0.4, -0.2) is 81.9 Å². The standard InChI is InChI=1S/C16H29N3O8/c1-7(21)18-11-13(24)12(23)9(6-20)26-14(11)19-10(22)5-8(17)15(25)27-16(2,3)4/h8-9,11-14,20,23-24H,5-6,17H2,1-4H3,(H,18,21)(H,19,22)/t8-,9+,11+,12+,13+,14+/m0/s1. The quantitative estimate of drug-likeness (QED) is 0.259. The molecule has 0 unspecified atom stereocenters. The predicted octanol–water partition coefficient (Wildman–Crippen LogP) is -2.89. The first-order valence-electron chi connectivity index (χ1n) is 8.53. The van der Waals surface area contributed by atoms with Crippen LogP contribution < -0.4 is 16.4 Å². The summed E-state index contributed by atoms with van der Waals surface area (Å²) in [6, 6.07) is -2.39. The van der Waals surface area contributed by atoms with Crippen molar-refractivity contribution in [3.05, 3.63) is 0 Å². The average Bonchev–Trinajstić information content (AvgIpc) is 2.52. The molecule has 7 N–H and O–H groups in total. The molecule has 0 saturated carbocycles. The maximum absolute atomic E-state index is 12.2. The fourth-order valence-corrected chi connectivity index (χ4v) is 2.51. The van der Waals surface area contributed by atoms with Crippen LogP contribution in [0.4, 0.5) is 0 Å². The van der Waals surface area contributed by atoms with Gasteiger partial charge in [-0.3, -0.25) is 14.4 Å². The molecule has 1 heterocycles. The number of carbonyl (C=O) groups excluding carboxylic acids is 3. The third-order valence-electron chi connectivity index (χ3n) is 3.71. The van der Waals surface area contributed by atoms with Gasteiger partial charge >= 0.3 is 5.97 Å². The van der Waals surface area contributed by atoms with Crippen molar-refractivity contribution in [2.45, 2.75) is 76.3 Å². The molecule has 0 aromatic carbocycles. The predicted molar refractivity (Wildman–Crippen MR) is 91.9 cm³/mol. The van der Waals surface area contributed by atoms with Gasteiger partial charge in [0.05, 0.1) is 13.0 Å². The summed E-state index contributed by atoms with van der Waals surface area (Å²) in [6.07, 6.45) is -5.81. The number of nitrogens with one attached hydrogen (secondary N) is 2. The van der Waals surface area contributed by atoms with Crippen LogP contribution in [0.25, 0.3) is 0 Å². The van der Waals surface area contributed by atoms with E-state index in [-0.39, 0.29) is 0 Å². The van der Waals surface area contributed by atoms with E-state index in [0.29, 0.717) is 0 Å². The Bertz CT molecular complexity index is 550. The van der Waals surface area contributed by atoms with Gasteiger partial charge in [-0.05, 0) is 20.8 Å². The Labute approximate surface area is 157 Å². The van der Waals surface area contributed by atoms with Gasteiger partial charge in [-0.15, -0.1) is 0 Å². The van der Waals surface area contributed by atoms with E-state index in [2.05, 4.69) is 10.6 Å². The van der Waals surface area contributed by atoms with Crippen molar-refractivity contribution in [3.8, 4) is 0 Å². The van der Waals surface area contributed by atoms with Gasteiger partial charge in [0.15, 0.2) is 6.23 Å². The third-order valence-corrected chi connectivity index (χ3v) is 3.71. The summed E-state index contributed by atoms with van der Waals surface area (Å²) in [7, 11) is 0. The first-order chi connectivity index (χ1) is 12.4. The number of hydrogen-bond acceptors (Lipinski definition) is 9. The molecular formula is C16H29N3O8. The van der Waals surface area contributed by atoms with Crippen LogP contribution in [0.3, 0.4) is 0 Å². The van der Waals surface area contributed by atoms with Crippen LogP contribution >= 0.6 is 0 Å². The molecule has 0 aromatic heterocycles. The van der Waals surface area contributed by atoms with E-state index in [1.54, 1.807) is 20.8 Å². The normalized spacial score (nSPS) is 29.6. The Morgan fingerprint density at radius 2 is 1.78 bits per heavy atom. The maximum Gasteiger partial charge on any atom is 0.323 e. The van der Waals surface area contributed by atoms with E-state index in [1.165, 1.54) is 6.92 Å². The highest BCUT2D eigenvalue weighted by atomic mass is 16.6. The number of esters is 1. The Morgan fingerprint density at radius 3 is 2.26 bits per heavy atom. The first kappa shape index (κ1) is 23.2. The average molecular weight is 391 g/mol. The van der Waals surface area contributed by atoms with Gasteiger partial charge in [0.2, 0.25) is 11.8 Å². The molecule has 156 valence electrons. The number of aliphatic hydroxyl groups excluding tert-OH is 3. The fourth-order valence-electron chi connectivity index (χ4n) is 2.51. The second-order valence-electron chi connectivity index (χ2n) is 7.40. The Hall–Kier alpha value is -1.79. The number of rotatable bonds is 6. The summed E-state index contributed by atoms with van der Waals surface area (Å²) < 4.78 is 10.5. The molecule has 1 saturated heterocycles. The number of nitrogens with two attached hydrogens (primary N) is 1. The molecule has 1 aliphatic heterocycles. The van der Waals surface area contributed by atoms with Gasteiger partial charge in [0.1, 0.15) is 36.0 Å². The molecule has 0 bridgehead atoms. The lowest BCUT2D eigenvalue weighted by Crippen LogP contribution is -2.68. The van der Waals surface area contributed by atoms with Gasteiger partial charge in [-0.2, -0.15) is 0 Å². The molecular weight excluding hydrogens is 362 g/mol. The number of aliphatic hydroxyl groups is 3. The highest BCUT2D eigenvalue weighted by Crippen LogP contribution is 2.20. The zero-order valence-corrected chi connectivity index (χ0v) is 15.8. The first-order valence-corrected chi connectivity index (χ1v) is 8.53. The highest BCUT2D eigenvalue weighted by Gasteiger charge is 2.45. The number of amides is 2. The lowest BCUT2D eigenvalue weighted by molar-refractivity contribution is -0.203. The van der Waals surface area contributed by atoms with Gasteiger partial charge in [-0.1, -0.05) is 0 Å². The van der Waals surface area contributed by atoms with Crippen LogP contribution in [0.5, 0.6) is 0 Å². The van der Waals surface area contributed by atoms with Crippen molar-refractivity contribution in [3.63, 3.8) is 0 Å². The second kappa shape index (κ2) is 9.42. The summed E-state index contributed by atoms with van der Waals surface area (Å²) >= 11 is 0. The molecule has 27 heavy (non-hydrogen) atoms. The molecule has 1 aliphatic rings. The number of carbonyl (C=O) groups is 3. The largest absolute Gasteiger partial charge is 0.459 e. The zero-order chi connectivity index (χ0) is 20.9.